The maximum absolute atomic E-state index is 11.6. The Morgan fingerprint density at radius 2 is 1.95 bits per heavy atom. The van der Waals surface area contributed by atoms with Crippen molar-refractivity contribution in [2.75, 3.05) is 6.61 Å². The number of nitrogens with zero attached hydrogens (tertiary/aromatic N) is 1. The Kier molecular flexibility index (Phi) is 5.35. The maximum Gasteiger partial charge on any atom is 0.277 e. The number of benzene rings is 2. The van der Waals surface area contributed by atoms with Crippen LogP contribution in [0.25, 0.3) is 0 Å². The Hall–Kier alpha value is -2.33. The topological polar surface area (TPSA) is 50.7 Å². The Bertz CT molecular complexity index is 639. The molecule has 0 aliphatic carbocycles. The molecule has 108 valence electrons. The molecule has 0 aliphatic rings. The van der Waals surface area contributed by atoms with Crippen molar-refractivity contribution in [2.24, 2.45) is 5.10 Å². The van der Waals surface area contributed by atoms with Crippen molar-refractivity contribution < 1.29 is 9.53 Å². The molecule has 0 saturated carbocycles. The molecule has 5 heteroatoms. The van der Waals surface area contributed by atoms with Gasteiger partial charge in [-0.1, -0.05) is 41.9 Å². The van der Waals surface area contributed by atoms with E-state index >= 15 is 0 Å². The van der Waals surface area contributed by atoms with E-state index < -0.39 is 0 Å². The van der Waals surface area contributed by atoms with E-state index in [0.29, 0.717) is 10.8 Å². The number of rotatable bonds is 5. The van der Waals surface area contributed by atoms with Gasteiger partial charge in [-0.05, 0) is 36.2 Å². The van der Waals surface area contributed by atoms with E-state index in [4.69, 9.17) is 16.3 Å². The normalized spacial score (nSPS) is 10.6. The molecule has 4 nitrogen and oxygen atoms in total. The van der Waals surface area contributed by atoms with Crippen LogP contribution in [0, 0.1) is 6.92 Å². The molecule has 2 aromatic carbocycles. The van der Waals surface area contributed by atoms with Crippen LogP contribution >= 0.6 is 11.6 Å². The van der Waals surface area contributed by atoms with Gasteiger partial charge in [-0.3, -0.25) is 4.79 Å². The van der Waals surface area contributed by atoms with Gasteiger partial charge in [0.05, 0.1) is 6.21 Å². The number of carbonyl (C=O) groups excluding carboxylic acids is 1. The van der Waals surface area contributed by atoms with Crippen molar-refractivity contribution in [2.45, 2.75) is 6.92 Å². The summed E-state index contributed by atoms with van der Waals surface area (Å²) in [5.41, 5.74) is 4.24. The molecule has 0 aliphatic heterocycles. The molecule has 0 fully saturated rings. The summed E-state index contributed by atoms with van der Waals surface area (Å²) in [5.74, 6) is 0.373. The molecule has 0 bridgehead atoms. The SMILES string of the molecule is Cc1ccccc1OCC(=O)NN=Cc1ccc(Cl)cc1. The molecular formula is C16H15ClN2O2. The Balaban J connectivity index is 1.80. The molecule has 21 heavy (non-hydrogen) atoms. The number of amides is 1. The lowest BCUT2D eigenvalue weighted by atomic mass is 10.2. The number of ether oxygens (including phenoxy) is 1. The van der Waals surface area contributed by atoms with Crippen LogP contribution in [0.2, 0.25) is 5.02 Å². The largest absolute Gasteiger partial charge is 0.483 e. The number of hydrazone groups is 1. The van der Waals surface area contributed by atoms with Crippen molar-refractivity contribution in [1.82, 2.24) is 5.43 Å². The van der Waals surface area contributed by atoms with Crippen LogP contribution in [0.3, 0.4) is 0 Å². The van der Waals surface area contributed by atoms with Crippen LogP contribution in [0.4, 0.5) is 0 Å². The van der Waals surface area contributed by atoms with Crippen LogP contribution in [-0.4, -0.2) is 18.7 Å². The average molecular weight is 303 g/mol. The first-order valence-electron chi connectivity index (χ1n) is 6.41. The van der Waals surface area contributed by atoms with E-state index in [1.807, 2.05) is 43.3 Å². The summed E-state index contributed by atoms with van der Waals surface area (Å²) in [6.45, 7) is 1.84. The van der Waals surface area contributed by atoms with Crippen LogP contribution in [0.5, 0.6) is 5.75 Å². The molecule has 2 aromatic rings. The Morgan fingerprint density at radius 1 is 1.24 bits per heavy atom. The van der Waals surface area contributed by atoms with Crippen LogP contribution in [0.15, 0.2) is 53.6 Å². The van der Waals surface area contributed by atoms with Gasteiger partial charge in [-0.15, -0.1) is 0 Å². The summed E-state index contributed by atoms with van der Waals surface area (Å²) < 4.78 is 5.41. The fourth-order valence-corrected chi connectivity index (χ4v) is 1.75. The second-order valence-electron chi connectivity index (χ2n) is 4.40. The first-order valence-corrected chi connectivity index (χ1v) is 6.79. The molecule has 0 aromatic heterocycles. The van der Waals surface area contributed by atoms with Gasteiger partial charge in [-0.2, -0.15) is 5.10 Å². The first-order chi connectivity index (χ1) is 10.1. The standard InChI is InChI=1S/C16H15ClN2O2/c1-12-4-2-3-5-15(12)21-11-16(20)19-18-10-13-6-8-14(17)9-7-13/h2-10H,11H2,1H3,(H,19,20). The van der Waals surface area contributed by atoms with Gasteiger partial charge in [0, 0.05) is 5.02 Å². The van der Waals surface area contributed by atoms with Crippen molar-refractivity contribution >= 4 is 23.7 Å². The second kappa shape index (κ2) is 7.45. The molecule has 0 radical (unpaired) electrons. The predicted molar refractivity (Wildman–Crippen MR) is 83.9 cm³/mol. The number of hydrogen-bond donors (Lipinski definition) is 1. The minimum Gasteiger partial charge on any atom is -0.483 e. The summed E-state index contributed by atoms with van der Waals surface area (Å²) in [6, 6.07) is 14.6. The predicted octanol–water partition coefficient (Wildman–Crippen LogP) is 3.18. The average Bonchev–Trinajstić information content (AvgIpc) is 2.48. The number of halogens is 1. The second-order valence-corrected chi connectivity index (χ2v) is 4.84. The quantitative estimate of drug-likeness (QED) is 0.681. The van der Waals surface area contributed by atoms with Crippen molar-refractivity contribution in [3.05, 3.63) is 64.7 Å². The fraction of sp³-hybridized carbons (Fsp3) is 0.125. The van der Waals surface area contributed by atoms with E-state index in [1.54, 1.807) is 18.3 Å². The van der Waals surface area contributed by atoms with Crippen LogP contribution in [-0.2, 0) is 4.79 Å². The number of carbonyl (C=O) groups is 1. The van der Waals surface area contributed by atoms with Gasteiger partial charge in [0.2, 0.25) is 0 Å². The van der Waals surface area contributed by atoms with E-state index in [-0.39, 0.29) is 12.5 Å². The maximum atomic E-state index is 11.6. The first kappa shape index (κ1) is 15.1. The zero-order valence-electron chi connectivity index (χ0n) is 11.5. The van der Waals surface area contributed by atoms with E-state index in [1.165, 1.54) is 0 Å². The van der Waals surface area contributed by atoms with Crippen molar-refractivity contribution in [3.8, 4) is 5.75 Å². The molecule has 1 N–H and O–H groups in total. The van der Waals surface area contributed by atoms with Gasteiger partial charge >= 0.3 is 0 Å². The molecule has 1 amide bonds. The molecule has 0 spiro atoms. The molecule has 0 unspecified atom stereocenters. The van der Waals surface area contributed by atoms with E-state index in [0.717, 1.165) is 11.1 Å². The third-order valence-corrected chi connectivity index (χ3v) is 2.98. The number of hydrogen-bond acceptors (Lipinski definition) is 3. The molecule has 0 saturated heterocycles. The summed E-state index contributed by atoms with van der Waals surface area (Å²) in [7, 11) is 0. The van der Waals surface area contributed by atoms with Gasteiger partial charge in [0.25, 0.3) is 5.91 Å². The number of aryl methyl sites for hydroxylation is 1. The summed E-state index contributed by atoms with van der Waals surface area (Å²) in [5, 5.41) is 4.51. The summed E-state index contributed by atoms with van der Waals surface area (Å²) in [6.07, 6.45) is 1.54. The van der Waals surface area contributed by atoms with E-state index in [9.17, 15) is 4.79 Å². The molecule has 2 rings (SSSR count). The number of para-hydroxylation sites is 1. The number of nitrogens with one attached hydrogen (secondary N) is 1. The lowest BCUT2D eigenvalue weighted by Gasteiger charge is -2.07. The van der Waals surface area contributed by atoms with Gasteiger partial charge in [-0.25, -0.2) is 5.43 Å². The van der Waals surface area contributed by atoms with Crippen molar-refractivity contribution in [1.29, 1.82) is 0 Å². The highest BCUT2D eigenvalue weighted by Gasteiger charge is 2.02. The Labute approximate surface area is 128 Å². The van der Waals surface area contributed by atoms with Crippen LogP contribution in [0.1, 0.15) is 11.1 Å². The van der Waals surface area contributed by atoms with Gasteiger partial charge in [0.15, 0.2) is 6.61 Å². The third kappa shape index (κ3) is 4.93. The molecular weight excluding hydrogens is 288 g/mol. The lowest BCUT2D eigenvalue weighted by Crippen LogP contribution is -2.24. The van der Waals surface area contributed by atoms with Gasteiger partial charge in [0.1, 0.15) is 5.75 Å². The minimum atomic E-state index is -0.316. The molecule has 0 atom stereocenters. The third-order valence-electron chi connectivity index (χ3n) is 2.73. The fourth-order valence-electron chi connectivity index (χ4n) is 1.62. The van der Waals surface area contributed by atoms with Gasteiger partial charge < -0.3 is 4.74 Å². The highest BCUT2D eigenvalue weighted by atomic mass is 35.5. The van der Waals surface area contributed by atoms with E-state index in [2.05, 4.69) is 10.5 Å². The highest BCUT2D eigenvalue weighted by Crippen LogP contribution is 2.15. The Morgan fingerprint density at radius 3 is 2.67 bits per heavy atom. The van der Waals surface area contributed by atoms with Crippen molar-refractivity contribution in [3.63, 3.8) is 0 Å². The zero-order valence-corrected chi connectivity index (χ0v) is 12.3. The monoisotopic (exact) mass is 302 g/mol. The smallest absolute Gasteiger partial charge is 0.277 e. The lowest BCUT2D eigenvalue weighted by molar-refractivity contribution is -0.123. The summed E-state index contributed by atoms with van der Waals surface area (Å²) in [4.78, 5) is 11.6. The zero-order chi connectivity index (χ0) is 15.1. The highest BCUT2D eigenvalue weighted by molar-refractivity contribution is 6.30. The van der Waals surface area contributed by atoms with Crippen LogP contribution < -0.4 is 10.2 Å². The molecule has 0 heterocycles. The minimum absolute atomic E-state index is 0.0805. The summed E-state index contributed by atoms with van der Waals surface area (Å²) >= 11 is 5.78.